The number of aryl methyl sites for hydroxylation is 1. The van der Waals surface area contributed by atoms with Gasteiger partial charge in [-0.15, -0.1) is 0 Å². The van der Waals surface area contributed by atoms with Crippen molar-refractivity contribution in [3.8, 4) is 11.3 Å². The van der Waals surface area contributed by atoms with Crippen molar-refractivity contribution < 1.29 is 4.79 Å². The first-order chi connectivity index (χ1) is 15.2. The Kier molecular flexibility index (Phi) is 5.12. The van der Waals surface area contributed by atoms with Crippen LogP contribution in [0.5, 0.6) is 0 Å². The molecule has 3 atom stereocenters. The maximum absolute atomic E-state index is 13.4. The minimum absolute atomic E-state index is 0.127. The van der Waals surface area contributed by atoms with Crippen molar-refractivity contribution in [2.45, 2.75) is 58.4 Å². The van der Waals surface area contributed by atoms with Crippen LogP contribution in [-0.4, -0.2) is 46.5 Å². The van der Waals surface area contributed by atoms with E-state index in [1.807, 2.05) is 27.0 Å². The Morgan fingerprint density at radius 1 is 1.22 bits per heavy atom. The van der Waals surface area contributed by atoms with Crippen LogP contribution < -0.4 is 5.32 Å². The molecular weight excluding hydrogens is 396 g/mol. The molecule has 3 aromatic rings. The maximum Gasteiger partial charge on any atom is 0.230 e. The van der Waals surface area contributed by atoms with Crippen LogP contribution in [0, 0.1) is 12.8 Å². The molecule has 0 saturated carbocycles. The molecule has 2 fully saturated rings. The number of nitrogens with one attached hydrogen (secondary N) is 2. The van der Waals surface area contributed by atoms with Crippen molar-refractivity contribution >= 4 is 16.8 Å². The van der Waals surface area contributed by atoms with Crippen LogP contribution >= 0.6 is 0 Å². The average Bonchev–Trinajstić information content (AvgIpc) is 3.46. The molecule has 2 aliphatic rings. The molecule has 0 aliphatic carbocycles. The van der Waals surface area contributed by atoms with Crippen LogP contribution in [0.25, 0.3) is 22.2 Å². The van der Waals surface area contributed by atoms with E-state index in [-0.39, 0.29) is 5.91 Å². The number of hydrogen-bond acceptors (Lipinski definition) is 3. The number of aromatic amines is 1. The van der Waals surface area contributed by atoms with Crippen molar-refractivity contribution in [2.75, 3.05) is 19.6 Å². The summed E-state index contributed by atoms with van der Waals surface area (Å²) >= 11 is 0. The number of benzene rings is 1. The smallest absolute Gasteiger partial charge is 0.230 e. The molecular formula is C27H34N4O. The van der Waals surface area contributed by atoms with Gasteiger partial charge >= 0.3 is 0 Å². The van der Waals surface area contributed by atoms with Gasteiger partial charge in [-0.1, -0.05) is 19.9 Å². The van der Waals surface area contributed by atoms with Gasteiger partial charge in [0.25, 0.3) is 0 Å². The minimum Gasteiger partial charge on any atom is -0.354 e. The first kappa shape index (κ1) is 21.2. The molecule has 2 N–H and O–H groups in total. The average molecular weight is 431 g/mol. The third-order valence-electron chi connectivity index (χ3n) is 7.54. The molecule has 1 aromatic carbocycles. The van der Waals surface area contributed by atoms with Gasteiger partial charge in [0.2, 0.25) is 5.91 Å². The summed E-state index contributed by atoms with van der Waals surface area (Å²) in [5.74, 6) is 1.09. The fourth-order valence-electron chi connectivity index (χ4n) is 5.56. The summed E-state index contributed by atoms with van der Waals surface area (Å²) < 4.78 is 0. The Balaban J connectivity index is 1.50. The third-order valence-corrected chi connectivity index (χ3v) is 7.54. The molecule has 2 bridgehead atoms. The maximum atomic E-state index is 13.4. The number of H-pyrrole nitrogens is 1. The zero-order chi connectivity index (χ0) is 22.6. The molecule has 4 heterocycles. The van der Waals surface area contributed by atoms with Gasteiger partial charge in [0.1, 0.15) is 0 Å². The topological polar surface area (TPSA) is 61.0 Å². The Morgan fingerprint density at radius 3 is 2.69 bits per heavy atom. The van der Waals surface area contributed by atoms with E-state index in [4.69, 9.17) is 0 Å². The predicted molar refractivity (Wildman–Crippen MR) is 130 cm³/mol. The van der Waals surface area contributed by atoms with E-state index >= 15 is 0 Å². The molecule has 168 valence electrons. The highest BCUT2D eigenvalue weighted by atomic mass is 16.2. The van der Waals surface area contributed by atoms with Crippen molar-refractivity contribution in [1.29, 1.82) is 0 Å². The fraction of sp³-hybridized carbons (Fsp3) is 0.481. The second kappa shape index (κ2) is 7.73. The summed E-state index contributed by atoms with van der Waals surface area (Å²) in [4.78, 5) is 23.8. The molecule has 5 heteroatoms. The number of pyridine rings is 1. The Hall–Kier alpha value is -2.66. The summed E-state index contributed by atoms with van der Waals surface area (Å²) in [6, 6.07) is 10.9. The summed E-state index contributed by atoms with van der Waals surface area (Å²) in [7, 11) is 0. The van der Waals surface area contributed by atoms with Crippen LogP contribution in [0.4, 0.5) is 0 Å². The van der Waals surface area contributed by atoms with E-state index in [9.17, 15) is 4.79 Å². The van der Waals surface area contributed by atoms with Gasteiger partial charge in [0.15, 0.2) is 0 Å². The molecule has 2 aromatic heterocycles. The van der Waals surface area contributed by atoms with Crippen molar-refractivity contribution in [3.05, 3.63) is 53.3 Å². The van der Waals surface area contributed by atoms with Crippen LogP contribution in [0.1, 0.15) is 56.9 Å². The van der Waals surface area contributed by atoms with E-state index in [0.29, 0.717) is 17.9 Å². The quantitative estimate of drug-likeness (QED) is 0.614. The largest absolute Gasteiger partial charge is 0.354 e. The second-order valence-electron chi connectivity index (χ2n) is 10.5. The van der Waals surface area contributed by atoms with E-state index in [2.05, 4.69) is 64.4 Å². The van der Waals surface area contributed by atoms with Gasteiger partial charge in [-0.05, 0) is 81.0 Å². The monoisotopic (exact) mass is 430 g/mol. The van der Waals surface area contributed by atoms with Crippen molar-refractivity contribution in [2.24, 2.45) is 5.92 Å². The van der Waals surface area contributed by atoms with Crippen molar-refractivity contribution in [1.82, 2.24) is 20.2 Å². The lowest BCUT2D eigenvalue weighted by Gasteiger charge is -2.30. The van der Waals surface area contributed by atoms with E-state index < -0.39 is 5.41 Å². The Bertz CT molecular complexity index is 1180. The molecule has 1 amide bonds. The molecule has 32 heavy (non-hydrogen) atoms. The lowest BCUT2D eigenvalue weighted by Crippen LogP contribution is -2.49. The van der Waals surface area contributed by atoms with Gasteiger partial charge in [-0.2, -0.15) is 0 Å². The zero-order valence-electron chi connectivity index (χ0n) is 19.8. The molecule has 0 radical (unpaired) electrons. The SMILES string of the molecule is Cc1cc(-c2[nH]c3ccc(C(C)(C)C(=O)NC4CN5CCC4C5)cc3c2C(C)C)ccn1. The number of rotatable bonds is 5. The lowest BCUT2D eigenvalue weighted by atomic mass is 9.82. The highest BCUT2D eigenvalue weighted by molar-refractivity contribution is 5.94. The summed E-state index contributed by atoms with van der Waals surface area (Å²) in [5, 5.41) is 4.58. The molecule has 2 aliphatic heterocycles. The number of nitrogens with zero attached hydrogens (tertiary/aromatic N) is 2. The van der Waals surface area contributed by atoms with E-state index in [1.165, 1.54) is 23.9 Å². The number of hydrogen-bond donors (Lipinski definition) is 2. The van der Waals surface area contributed by atoms with Crippen LogP contribution in [0.3, 0.4) is 0 Å². The fourth-order valence-corrected chi connectivity index (χ4v) is 5.56. The molecule has 0 spiro atoms. The first-order valence-electron chi connectivity index (χ1n) is 11.9. The number of aromatic nitrogens is 2. The van der Waals surface area contributed by atoms with E-state index in [0.717, 1.165) is 41.1 Å². The molecule has 2 saturated heterocycles. The Morgan fingerprint density at radius 2 is 2.03 bits per heavy atom. The number of carbonyl (C=O) groups excluding carboxylic acids is 1. The first-order valence-corrected chi connectivity index (χ1v) is 11.9. The van der Waals surface area contributed by atoms with Gasteiger partial charge in [-0.3, -0.25) is 9.78 Å². The number of fused-ring (bicyclic) bond motifs is 3. The highest BCUT2D eigenvalue weighted by Gasteiger charge is 2.41. The van der Waals surface area contributed by atoms with Crippen molar-refractivity contribution in [3.63, 3.8) is 0 Å². The predicted octanol–water partition coefficient (Wildman–Crippen LogP) is 4.76. The van der Waals surface area contributed by atoms with Crippen LogP contribution in [0.15, 0.2) is 36.5 Å². The van der Waals surface area contributed by atoms with Crippen LogP contribution in [0.2, 0.25) is 0 Å². The summed E-state index contributed by atoms with van der Waals surface area (Å²) in [6.45, 7) is 13.9. The number of amides is 1. The lowest BCUT2D eigenvalue weighted by molar-refractivity contribution is -0.126. The minimum atomic E-state index is -0.593. The zero-order valence-corrected chi connectivity index (χ0v) is 19.8. The van der Waals surface area contributed by atoms with Gasteiger partial charge in [0.05, 0.1) is 11.1 Å². The standard InChI is InChI=1S/C27H34N4O/c1-16(2)24-21-13-20(6-7-22(21)29-25(24)18-8-10-28-17(3)12-18)27(4,5)26(32)30-23-15-31-11-9-19(23)14-31/h6-8,10,12-13,16,19,23,29H,9,11,14-15H2,1-5H3,(H,30,32). The van der Waals surface area contributed by atoms with Gasteiger partial charge in [-0.25, -0.2) is 0 Å². The van der Waals surface area contributed by atoms with Gasteiger partial charge in [0, 0.05) is 47.5 Å². The second-order valence-corrected chi connectivity index (χ2v) is 10.5. The summed E-state index contributed by atoms with van der Waals surface area (Å²) in [6.07, 6.45) is 3.07. The number of piperidine rings is 1. The summed E-state index contributed by atoms with van der Waals surface area (Å²) in [5.41, 5.74) is 6.18. The molecule has 5 rings (SSSR count). The third kappa shape index (κ3) is 3.53. The van der Waals surface area contributed by atoms with Crippen LogP contribution in [-0.2, 0) is 10.2 Å². The van der Waals surface area contributed by atoms with E-state index in [1.54, 1.807) is 0 Å². The molecule has 3 unspecified atom stereocenters. The number of carbonyl (C=O) groups is 1. The Labute approximate surface area is 190 Å². The highest BCUT2D eigenvalue weighted by Crippen LogP contribution is 2.38. The normalized spacial score (nSPS) is 22.8. The van der Waals surface area contributed by atoms with Gasteiger partial charge < -0.3 is 15.2 Å². The molecule has 5 nitrogen and oxygen atoms in total.